The number of carbonyl (C=O) groups excluding carboxylic acids is 1. The van der Waals surface area contributed by atoms with Crippen molar-refractivity contribution in [2.75, 3.05) is 15.9 Å². The summed E-state index contributed by atoms with van der Waals surface area (Å²) in [5.41, 5.74) is 1.94. The zero-order valence-corrected chi connectivity index (χ0v) is 17.1. The number of nitrogens with zero attached hydrogens (tertiary/aromatic N) is 1. The average Bonchev–Trinajstić information content (AvgIpc) is 2.51. The second-order valence-corrected chi connectivity index (χ2v) is 8.81. The number of carbonyl (C=O) groups is 1. The van der Waals surface area contributed by atoms with Crippen LogP contribution in [-0.4, -0.2) is 26.6 Å². The van der Waals surface area contributed by atoms with Crippen LogP contribution in [0, 0.1) is 6.92 Å². The number of anilines is 2. The van der Waals surface area contributed by atoms with E-state index in [1.807, 2.05) is 19.1 Å². The van der Waals surface area contributed by atoms with Crippen molar-refractivity contribution in [1.82, 2.24) is 0 Å². The van der Waals surface area contributed by atoms with Crippen molar-refractivity contribution >= 4 is 54.8 Å². The molecule has 8 heteroatoms. The van der Waals surface area contributed by atoms with Crippen LogP contribution in [0.1, 0.15) is 12.5 Å². The number of rotatable bonds is 5. The molecular formula is C17H18BrClN2O3S. The van der Waals surface area contributed by atoms with Crippen LogP contribution in [0.4, 0.5) is 11.4 Å². The molecule has 0 unspecified atom stereocenters. The van der Waals surface area contributed by atoms with E-state index in [0.29, 0.717) is 16.4 Å². The molecular weight excluding hydrogens is 428 g/mol. The van der Waals surface area contributed by atoms with E-state index < -0.39 is 22.0 Å². The maximum Gasteiger partial charge on any atom is 0.247 e. The number of aryl methyl sites for hydroxylation is 1. The van der Waals surface area contributed by atoms with Gasteiger partial charge in [0, 0.05) is 15.2 Å². The highest BCUT2D eigenvalue weighted by Gasteiger charge is 2.29. The first-order chi connectivity index (χ1) is 11.6. The van der Waals surface area contributed by atoms with Gasteiger partial charge in [-0.1, -0.05) is 27.5 Å². The minimum Gasteiger partial charge on any atom is -0.324 e. The maximum atomic E-state index is 12.6. The van der Waals surface area contributed by atoms with Crippen molar-refractivity contribution in [2.24, 2.45) is 0 Å². The van der Waals surface area contributed by atoms with E-state index in [1.54, 1.807) is 30.3 Å². The van der Waals surface area contributed by atoms with Crippen molar-refractivity contribution in [3.8, 4) is 0 Å². The van der Waals surface area contributed by atoms with E-state index in [4.69, 9.17) is 11.6 Å². The maximum absolute atomic E-state index is 12.6. The number of sulfonamides is 1. The molecule has 0 radical (unpaired) electrons. The molecule has 0 aliphatic carbocycles. The summed E-state index contributed by atoms with van der Waals surface area (Å²) >= 11 is 9.26. The molecule has 0 aliphatic rings. The Bertz CT molecular complexity index is 885. The van der Waals surface area contributed by atoms with Crippen molar-refractivity contribution < 1.29 is 13.2 Å². The Morgan fingerprint density at radius 2 is 1.80 bits per heavy atom. The Morgan fingerprint density at radius 3 is 2.32 bits per heavy atom. The van der Waals surface area contributed by atoms with Crippen molar-refractivity contribution in [3.63, 3.8) is 0 Å². The summed E-state index contributed by atoms with van der Waals surface area (Å²) in [6.07, 6.45) is 1.06. The summed E-state index contributed by atoms with van der Waals surface area (Å²) in [5.74, 6) is -0.429. The summed E-state index contributed by atoms with van der Waals surface area (Å²) in [7, 11) is -3.66. The fraction of sp³-hybridized carbons (Fsp3) is 0.235. The van der Waals surface area contributed by atoms with Crippen LogP contribution >= 0.6 is 27.5 Å². The van der Waals surface area contributed by atoms with Gasteiger partial charge in [0.1, 0.15) is 6.04 Å². The summed E-state index contributed by atoms with van der Waals surface area (Å²) in [4.78, 5) is 12.6. The Morgan fingerprint density at radius 1 is 1.20 bits per heavy atom. The highest BCUT2D eigenvalue weighted by Crippen LogP contribution is 2.24. The molecule has 0 aromatic heterocycles. The van der Waals surface area contributed by atoms with E-state index in [9.17, 15) is 13.2 Å². The molecule has 0 fully saturated rings. The van der Waals surface area contributed by atoms with Crippen LogP contribution in [0.5, 0.6) is 0 Å². The quantitative estimate of drug-likeness (QED) is 0.750. The largest absolute Gasteiger partial charge is 0.324 e. The molecule has 1 amide bonds. The van der Waals surface area contributed by atoms with E-state index in [-0.39, 0.29) is 0 Å². The molecule has 0 saturated heterocycles. The van der Waals surface area contributed by atoms with Gasteiger partial charge in [-0.15, -0.1) is 0 Å². The van der Waals surface area contributed by atoms with Gasteiger partial charge in [-0.2, -0.15) is 0 Å². The second kappa shape index (κ2) is 7.76. The molecule has 0 spiro atoms. The number of nitrogens with one attached hydrogen (secondary N) is 1. The predicted octanol–water partition coefficient (Wildman–Crippen LogP) is 4.20. The first-order valence-electron chi connectivity index (χ1n) is 7.41. The smallest absolute Gasteiger partial charge is 0.247 e. The Kier molecular flexibility index (Phi) is 6.13. The first-order valence-corrected chi connectivity index (χ1v) is 10.4. The monoisotopic (exact) mass is 444 g/mol. The van der Waals surface area contributed by atoms with Gasteiger partial charge in [0.2, 0.25) is 15.9 Å². The number of halogens is 2. The molecule has 1 atom stereocenters. The summed E-state index contributed by atoms with van der Waals surface area (Å²) in [6.45, 7) is 3.44. The molecule has 134 valence electrons. The summed E-state index contributed by atoms with van der Waals surface area (Å²) in [5, 5.41) is 3.24. The van der Waals surface area contributed by atoms with Crippen LogP contribution in [0.3, 0.4) is 0 Å². The molecule has 25 heavy (non-hydrogen) atoms. The topological polar surface area (TPSA) is 66.5 Å². The highest BCUT2D eigenvalue weighted by atomic mass is 79.9. The van der Waals surface area contributed by atoms with Gasteiger partial charge in [0.05, 0.1) is 11.9 Å². The van der Waals surface area contributed by atoms with Crippen LogP contribution in [0.25, 0.3) is 0 Å². The van der Waals surface area contributed by atoms with Crippen molar-refractivity contribution in [2.45, 2.75) is 19.9 Å². The number of benzene rings is 2. The van der Waals surface area contributed by atoms with Crippen LogP contribution < -0.4 is 9.62 Å². The van der Waals surface area contributed by atoms with E-state index >= 15 is 0 Å². The van der Waals surface area contributed by atoms with Crippen LogP contribution in [-0.2, 0) is 14.8 Å². The van der Waals surface area contributed by atoms with Gasteiger partial charge in [-0.05, 0) is 61.9 Å². The third kappa shape index (κ3) is 4.96. The Labute approximate surface area is 161 Å². The molecule has 2 rings (SSSR count). The molecule has 2 aromatic rings. The number of hydrogen-bond donors (Lipinski definition) is 1. The van der Waals surface area contributed by atoms with Crippen LogP contribution in [0.15, 0.2) is 46.9 Å². The lowest BCUT2D eigenvalue weighted by Crippen LogP contribution is -2.45. The van der Waals surface area contributed by atoms with Crippen molar-refractivity contribution in [1.29, 1.82) is 0 Å². The van der Waals surface area contributed by atoms with Gasteiger partial charge in [0.25, 0.3) is 0 Å². The minimum absolute atomic E-state index is 0.376. The molecule has 0 heterocycles. The average molecular weight is 446 g/mol. The molecule has 5 nitrogen and oxygen atoms in total. The normalized spacial score (nSPS) is 12.5. The fourth-order valence-corrected chi connectivity index (χ4v) is 3.91. The lowest BCUT2D eigenvalue weighted by Gasteiger charge is -2.28. The molecule has 1 N–H and O–H groups in total. The zero-order valence-electron chi connectivity index (χ0n) is 14.0. The fourth-order valence-electron chi connectivity index (χ4n) is 2.37. The van der Waals surface area contributed by atoms with Gasteiger partial charge in [-0.3, -0.25) is 9.10 Å². The van der Waals surface area contributed by atoms with Gasteiger partial charge in [0.15, 0.2) is 0 Å². The third-order valence-corrected chi connectivity index (χ3v) is 5.98. The number of hydrogen-bond acceptors (Lipinski definition) is 3. The minimum atomic E-state index is -3.66. The number of amides is 1. The lowest BCUT2D eigenvalue weighted by atomic mass is 10.2. The summed E-state index contributed by atoms with van der Waals surface area (Å²) < 4.78 is 26.4. The molecule has 0 saturated carbocycles. The molecule has 2 aromatic carbocycles. The Balaban J connectivity index is 2.29. The van der Waals surface area contributed by atoms with Crippen molar-refractivity contribution in [3.05, 3.63) is 57.5 Å². The zero-order chi connectivity index (χ0) is 18.8. The standard InChI is InChI=1S/C17H18BrClN2O3S/c1-11-10-14(6-9-16(11)18)20-17(22)12(2)21(25(3,23)24)15-7-4-13(19)5-8-15/h4-10,12H,1-3H3,(H,20,22)/t12-/m1/s1. The van der Waals surface area contributed by atoms with Gasteiger partial charge >= 0.3 is 0 Å². The first kappa shape index (κ1) is 19.8. The SMILES string of the molecule is Cc1cc(NC(=O)[C@@H](C)N(c2ccc(Cl)cc2)S(C)(=O)=O)ccc1Br. The summed E-state index contributed by atoms with van der Waals surface area (Å²) in [6, 6.07) is 10.7. The Hall–Kier alpha value is -1.57. The van der Waals surface area contributed by atoms with E-state index in [0.717, 1.165) is 20.6 Å². The van der Waals surface area contributed by atoms with E-state index in [2.05, 4.69) is 21.2 Å². The molecule has 0 aliphatic heterocycles. The third-order valence-electron chi connectivity index (χ3n) is 3.60. The highest BCUT2D eigenvalue weighted by molar-refractivity contribution is 9.10. The van der Waals surface area contributed by atoms with E-state index in [1.165, 1.54) is 6.92 Å². The predicted molar refractivity (Wildman–Crippen MR) is 106 cm³/mol. The molecule has 0 bridgehead atoms. The van der Waals surface area contributed by atoms with Crippen LogP contribution in [0.2, 0.25) is 5.02 Å². The van der Waals surface area contributed by atoms with Gasteiger partial charge in [-0.25, -0.2) is 8.42 Å². The second-order valence-electron chi connectivity index (χ2n) is 5.66. The lowest BCUT2D eigenvalue weighted by molar-refractivity contribution is -0.116. The van der Waals surface area contributed by atoms with Gasteiger partial charge < -0.3 is 5.32 Å².